The first-order valence-corrected chi connectivity index (χ1v) is 8.16. The maximum Gasteiger partial charge on any atom is 0.327 e. The molecule has 2 heterocycles. The SMILES string of the molecule is CCC1SCC(C(=O)O)N1C(=O)NCC1CCCOC1. The van der Waals surface area contributed by atoms with E-state index in [2.05, 4.69) is 5.32 Å². The third kappa shape index (κ3) is 3.58. The summed E-state index contributed by atoms with van der Waals surface area (Å²) in [5.41, 5.74) is 0. The van der Waals surface area contributed by atoms with Crippen LogP contribution < -0.4 is 5.32 Å². The molecular formula is C13H22N2O4S. The third-order valence-corrected chi connectivity index (χ3v) is 5.21. The number of carboxylic acid groups (broad SMARTS) is 1. The number of carbonyl (C=O) groups is 2. The molecule has 2 rings (SSSR count). The summed E-state index contributed by atoms with van der Waals surface area (Å²) in [6, 6.07) is -0.979. The van der Waals surface area contributed by atoms with Crippen molar-refractivity contribution in [3.8, 4) is 0 Å². The van der Waals surface area contributed by atoms with Crippen LogP contribution in [-0.2, 0) is 9.53 Å². The largest absolute Gasteiger partial charge is 0.480 e. The fourth-order valence-corrected chi connectivity index (χ4v) is 3.98. The number of nitrogens with zero attached hydrogens (tertiary/aromatic N) is 1. The molecule has 0 aromatic rings. The van der Waals surface area contributed by atoms with E-state index in [4.69, 9.17) is 4.74 Å². The Bertz CT molecular complexity index is 360. The van der Waals surface area contributed by atoms with Crippen molar-refractivity contribution < 1.29 is 19.4 Å². The van der Waals surface area contributed by atoms with Crippen molar-refractivity contribution in [1.82, 2.24) is 10.2 Å². The summed E-state index contributed by atoms with van der Waals surface area (Å²) in [4.78, 5) is 25.0. The molecule has 2 fully saturated rings. The van der Waals surface area contributed by atoms with E-state index in [9.17, 15) is 14.7 Å². The summed E-state index contributed by atoms with van der Waals surface area (Å²) in [6.07, 6.45) is 2.83. The molecule has 0 aromatic heterocycles. The van der Waals surface area contributed by atoms with E-state index in [0.29, 0.717) is 24.8 Å². The molecule has 0 bridgehead atoms. The van der Waals surface area contributed by atoms with Crippen molar-refractivity contribution in [1.29, 1.82) is 0 Å². The van der Waals surface area contributed by atoms with Gasteiger partial charge in [-0.2, -0.15) is 0 Å². The number of hydrogen-bond donors (Lipinski definition) is 2. The topological polar surface area (TPSA) is 78.9 Å². The highest BCUT2D eigenvalue weighted by atomic mass is 32.2. The number of aliphatic carboxylic acids is 1. The quantitative estimate of drug-likeness (QED) is 0.820. The average molecular weight is 302 g/mol. The molecule has 2 aliphatic heterocycles. The van der Waals surface area contributed by atoms with Crippen molar-refractivity contribution in [2.45, 2.75) is 37.6 Å². The van der Waals surface area contributed by atoms with Gasteiger partial charge in [-0.05, 0) is 25.2 Å². The summed E-state index contributed by atoms with van der Waals surface area (Å²) in [5, 5.41) is 12.0. The molecule has 0 spiro atoms. The second kappa shape index (κ2) is 7.17. The number of thioether (sulfide) groups is 1. The Hall–Kier alpha value is -0.950. The van der Waals surface area contributed by atoms with E-state index in [-0.39, 0.29) is 11.4 Å². The van der Waals surface area contributed by atoms with Gasteiger partial charge in [-0.1, -0.05) is 6.92 Å². The molecule has 2 saturated heterocycles. The molecule has 114 valence electrons. The van der Waals surface area contributed by atoms with Crippen LogP contribution in [0.4, 0.5) is 4.79 Å². The molecule has 3 atom stereocenters. The third-order valence-electron chi connectivity index (χ3n) is 3.76. The molecular weight excluding hydrogens is 280 g/mol. The van der Waals surface area contributed by atoms with Crippen LogP contribution in [0.25, 0.3) is 0 Å². The summed E-state index contributed by atoms with van der Waals surface area (Å²) in [7, 11) is 0. The van der Waals surface area contributed by atoms with E-state index in [1.54, 1.807) is 0 Å². The van der Waals surface area contributed by atoms with Crippen LogP contribution in [0.3, 0.4) is 0 Å². The van der Waals surface area contributed by atoms with Gasteiger partial charge in [0, 0.05) is 18.9 Å². The van der Waals surface area contributed by atoms with Gasteiger partial charge >= 0.3 is 12.0 Å². The lowest BCUT2D eigenvalue weighted by molar-refractivity contribution is -0.141. The molecule has 0 saturated carbocycles. The average Bonchev–Trinajstić information content (AvgIpc) is 2.90. The Morgan fingerprint density at radius 3 is 2.90 bits per heavy atom. The second-order valence-corrected chi connectivity index (χ2v) is 6.44. The number of carboxylic acids is 1. The molecule has 0 aromatic carbocycles. The first-order chi connectivity index (χ1) is 9.63. The van der Waals surface area contributed by atoms with Gasteiger partial charge in [0.05, 0.1) is 12.0 Å². The smallest absolute Gasteiger partial charge is 0.327 e. The molecule has 2 N–H and O–H groups in total. The number of urea groups is 1. The molecule has 2 aliphatic rings. The Labute approximate surface area is 123 Å². The summed E-state index contributed by atoms with van der Waals surface area (Å²) < 4.78 is 5.38. The molecule has 3 unspecified atom stereocenters. The van der Waals surface area contributed by atoms with Gasteiger partial charge in [-0.15, -0.1) is 11.8 Å². The summed E-state index contributed by atoms with van der Waals surface area (Å²) in [6.45, 7) is 4.00. The first-order valence-electron chi connectivity index (χ1n) is 7.11. The van der Waals surface area contributed by atoms with E-state index in [0.717, 1.165) is 25.9 Å². The number of rotatable bonds is 4. The summed E-state index contributed by atoms with van der Waals surface area (Å²) in [5.74, 6) is -0.121. The molecule has 0 radical (unpaired) electrons. The summed E-state index contributed by atoms with van der Waals surface area (Å²) >= 11 is 1.54. The van der Waals surface area contributed by atoms with Crippen molar-refractivity contribution in [3.05, 3.63) is 0 Å². The van der Waals surface area contributed by atoms with E-state index in [1.165, 1.54) is 16.7 Å². The van der Waals surface area contributed by atoms with Crippen molar-refractivity contribution in [2.24, 2.45) is 5.92 Å². The molecule has 2 amide bonds. The lowest BCUT2D eigenvalue weighted by Gasteiger charge is -2.28. The standard InChI is InChI=1S/C13H22N2O4S/c1-2-11-15(10(8-20-11)12(16)17)13(18)14-6-9-4-3-5-19-7-9/h9-11H,2-8H2,1H3,(H,14,18)(H,16,17). The van der Waals surface area contributed by atoms with Crippen molar-refractivity contribution in [2.75, 3.05) is 25.5 Å². The Morgan fingerprint density at radius 2 is 2.30 bits per heavy atom. The van der Waals surface area contributed by atoms with Crippen LogP contribution >= 0.6 is 11.8 Å². The van der Waals surface area contributed by atoms with Crippen LogP contribution in [0.2, 0.25) is 0 Å². The minimum atomic E-state index is -0.926. The van der Waals surface area contributed by atoms with E-state index < -0.39 is 12.0 Å². The Kier molecular flexibility index (Phi) is 5.54. The maximum atomic E-state index is 12.3. The van der Waals surface area contributed by atoms with Gasteiger partial charge in [0.2, 0.25) is 0 Å². The van der Waals surface area contributed by atoms with E-state index in [1.807, 2.05) is 6.92 Å². The monoisotopic (exact) mass is 302 g/mol. The van der Waals surface area contributed by atoms with E-state index >= 15 is 0 Å². The highest BCUT2D eigenvalue weighted by molar-refractivity contribution is 8.00. The maximum absolute atomic E-state index is 12.3. The van der Waals surface area contributed by atoms with Crippen LogP contribution in [0, 0.1) is 5.92 Å². The minimum absolute atomic E-state index is 0.0429. The number of nitrogens with one attached hydrogen (secondary N) is 1. The van der Waals surface area contributed by atoms with Gasteiger partial charge in [-0.3, -0.25) is 4.90 Å². The zero-order valence-electron chi connectivity index (χ0n) is 11.7. The molecule has 0 aliphatic carbocycles. The highest BCUT2D eigenvalue weighted by Crippen LogP contribution is 2.31. The van der Waals surface area contributed by atoms with Crippen LogP contribution in [0.15, 0.2) is 0 Å². The van der Waals surface area contributed by atoms with Crippen LogP contribution in [-0.4, -0.2) is 58.9 Å². The van der Waals surface area contributed by atoms with Crippen LogP contribution in [0.1, 0.15) is 26.2 Å². The number of hydrogen-bond acceptors (Lipinski definition) is 4. The predicted octanol–water partition coefficient (Wildman–Crippen LogP) is 1.36. The van der Waals surface area contributed by atoms with Gasteiger partial charge in [0.1, 0.15) is 6.04 Å². The Morgan fingerprint density at radius 1 is 1.50 bits per heavy atom. The zero-order valence-corrected chi connectivity index (χ0v) is 12.5. The van der Waals surface area contributed by atoms with Crippen LogP contribution in [0.5, 0.6) is 0 Å². The predicted molar refractivity (Wildman–Crippen MR) is 76.7 cm³/mol. The fourth-order valence-electron chi connectivity index (χ4n) is 2.63. The Balaban J connectivity index is 1.89. The van der Waals surface area contributed by atoms with Crippen molar-refractivity contribution >= 4 is 23.8 Å². The van der Waals surface area contributed by atoms with Crippen molar-refractivity contribution in [3.63, 3.8) is 0 Å². The molecule has 6 nitrogen and oxygen atoms in total. The normalized spacial score (nSPS) is 30.2. The molecule has 7 heteroatoms. The van der Waals surface area contributed by atoms with Gasteiger partial charge in [0.25, 0.3) is 0 Å². The number of ether oxygens (including phenoxy) is 1. The van der Waals surface area contributed by atoms with Gasteiger partial charge < -0.3 is 15.2 Å². The minimum Gasteiger partial charge on any atom is -0.480 e. The lowest BCUT2D eigenvalue weighted by Crippen LogP contribution is -2.51. The number of amides is 2. The highest BCUT2D eigenvalue weighted by Gasteiger charge is 2.40. The second-order valence-electron chi connectivity index (χ2n) is 5.23. The lowest BCUT2D eigenvalue weighted by atomic mass is 10.0. The number of carbonyl (C=O) groups excluding carboxylic acids is 1. The first kappa shape index (κ1) is 15.4. The zero-order chi connectivity index (χ0) is 14.5. The molecule has 20 heavy (non-hydrogen) atoms. The fraction of sp³-hybridized carbons (Fsp3) is 0.846. The van der Waals surface area contributed by atoms with Gasteiger partial charge in [0.15, 0.2) is 0 Å². The van der Waals surface area contributed by atoms with Gasteiger partial charge in [-0.25, -0.2) is 9.59 Å².